The quantitative estimate of drug-likeness (QED) is 0.792. The Hall–Kier alpha value is -0.630. The van der Waals surface area contributed by atoms with Gasteiger partial charge in [0.1, 0.15) is 0 Å². The van der Waals surface area contributed by atoms with Crippen molar-refractivity contribution in [1.82, 2.24) is 0 Å². The van der Waals surface area contributed by atoms with Crippen LogP contribution in [0.25, 0.3) is 0 Å². The SMILES string of the molecule is NS(=O)(=O)c1cc(C(=O)OCC2CCCC2)c(Cl)cc1Br. The summed E-state index contributed by atoms with van der Waals surface area (Å²) in [5.74, 6) is -0.259. The van der Waals surface area contributed by atoms with Gasteiger partial charge >= 0.3 is 5.97 Å². The zero-order valence-corrected chi connectivity index (χ0v) is 14.3. The van der Waals surface area contributed by atoms with Gasteiger partial charge in [0.15, 0.2) is 0 Å². The van der Waals surface area contributed by atoms with Gasteiger partial charge in [0.25, 0.3) is 0 Å². The molecule has 116 valence electrons. The third kappa shape index (κ3) is 4.18. The lowest BCUT2D eigenvalue weighted by Crippen LogP contribution is -2.16. The van der Waals surface area contributed by atoms with Gasteiger partial charge in [-0.05, 0) is 46.8 Å². The van der Waals surface area contributed by atoms with E-state index < -0.39 is 16.0 Å². The molecule has 21 heavy (non-hydrogen) atoms. The van der Waals surface area contributed by atoms with Crippen molar-refractivity contribution in [1.29, 1.82) is 0 Å². The van der Waals surface area contributed by atoms with Crippen molar-refractivity contribution in [2.24, 2.45) is 11.1 Å². The number of ether oxygens (including phenoxy) is 1. The average molecular weight is 397 g/mol. The molecule has 0 unspecified atom stereocenters. The predicted molar refractivity (Wildman–Crippen MR) is 82.8 cm³/mol. The lowest BCUT2D eigenvalue weighted by molar-refractivity contribution is 0.0442. The van der Waals surface area contributed by atoms with Crippen LogP contribution in [0.3, 0.4) is 0 Å². The molecule has 8 heteroatoms. The summed E-state index contributed by atoms with van der Waals surface area (Å²) in [5.41, 5.74) is 0.00175. The molecule has 0 atom stereocenters. The van der Waals surface area contributed by atoms with E-state index in [2.05, 4.69) is 15.9 Å². The highest BCUT2D eigenvalue weighted by atomic mass is 79.9. The van der Waals surface area contributed by atoms with Crippen molar-refractivity contribution in [2.75, 3.05) is 6.61 Å². The predicted octanol–water partition coefficient (Wildman–Crippen LogP) is 3.10. The van der Waals surface area contributed by atoms with Gasteiger partial charge < -0.3 is 4.74 Å². The van der Waals surface area contributed by atoms with Crippen molar-refractivity contribution in [3.63, 3.8) is 0 Å². The Bertz CT molecular complexity index is 656. The van der Waals surface area contributed by atoms with Crippen LogP contribution in [0, 0.1) is 5.92 Å². The van der Waals surface area contributed by atoms with Gasteiger partial charge in [-0.25, -0.2) is 18.4 Å². The Morgan fingerprint density at radius 3 is 2.57 bits per heavy atom. The Kier molecular flexibility index (Phi) is 5.29. The van der Waals surface area contributed by atoms with Crippen LogP contribution >= 0.6 is 27.5 Å². The van der Waals surface area contributed by atoms with Gasteiger partial charge in [0.2, 0.25) is 10.0 Å². The van der Waals surface area contributed by atoms with Gasteiger partial charge in [0, 0.05) is 4.47 Å². The van der Waals surface area contributed by atoms with Gasteiger partial charge in [-0.2, -0.15) is 0 Å². The lowest BCUT2D eigenvalue weighted by atomic mass is 10.1. The van der Waals surface area contributed by atoms with E-state index in [1.54, 1.807) is 0 Å². The number of carbonyl (C=O) groups excluding carboxylic acids is 1. The molecule has 1 aromatic rings. The number of esters is 1. The van der Waals surface area contributed by atoms with E-state index in [0.717, 1.165) is 31.7 Å². The average Bonchev–Trinajstić information content (AvgIpc) is 2.87. The maximum absolute atomic E-state index is 12.1. The summed E-state index contributed by atoms with van der Waals surface area (Å²) < 4.78 is 28.4. The second kappa shape index (κ2) is 6.64. The number of carbonyl (C=O) groups is 1. The highest BCUT2D eigenvalue weighted by Gasteiger charge is 2.22. The largest absolute Gasteiger partial charge is 0.462 e. The molecule has 0 aromatic heterocycles. The summed E-state index contributed by atoms with van der Waals surface area (Å²) in [6.45, 7) is 0.329. The standard InChI is InChI=1S/C13H15BrClNO4S/c14-10-6-11(15)9(5-12(10)21(16,18)19)13(17)20-7-8-3-1-2-4-8/h5-6,8H,1-4,7H2,(H2,16,18,19). The Labute approximate surface area is 137 Å². The Morgan fingerprint density at radius 1 is 1.38 bits per heavy atom. The van der Waals surface area contributed by atoms with Crippen molar-refractivity contribution < 1.29 is 17.9 Å². The van der Waals surface area contributed by atoms with Gasteiger partial charge in [0.05, 0.1) is 22.1 Å². The van der Waals surface area contributed by atoms with E-state index >= 15 is 0 Å². The van der Waals surface area contributed by atoms with Crippen LogP contribution in [-0.4, -0.2) is 21.0 Å². The fourth-order valence-electron chi connectivity index (χ4n) is 2.35. The first-order valence-corrected chi connectivity index (χ1v) is 9.19. The highest BCUT2D eigenvalue weighted by Crippen LogP contribution is 2.30. The summed E-state index contributed by atoms with van der Waals surface area (Å²) >= 11 is 9.04. The van der Waals surface area contributed by atoms with Gasteiger partial charge in [-0.3, -0.25) is 0 Å². The van der Waals surface area contributed by atoms with Crippen LogP contribution in [0.1, 0.15) is 36.0 Å². The Balaban J connectivity index is 2.20. The van der Waals surface area contributed by atoms with E-state index in [1.807, 2.05) is 0 Å². The van der Waals surface area contributed by atoms with Gasteiger partial charge in [-0.1, -0.05) is 24.4 Å². The summed E-state index contributed by atoms with van der Waals surface area (Å²) in [6, 6.07) is 2.46. The minimum absolute atomic E-state index is 0.00175. The summed E-state index contributed by atoms with van der Waals surface area (Å²) in [4.78, 5) is 11.9. The zero-order valence-electron chi connectivity index (χ0n) is 11.1. The molecule has 5 nitrogen and oxygen atoms in total. The fraction of sp³-hybridized carbons (Fsp3) is 0.462. The summed E-state index contributed by atoms with van der Waals surface area (Å²) in [7, 11) is -3.95. The number of halogens is 2. The maximum Gasteiger partial charge on any atom is 0.339 e. The molecule has 1 aromatic carbocycles. The number of nitrogens with two attached hydrogens (primary N) is 1. The molecule has 0 amide bonds. The molecule has 0 saturated heterocycles. The van der Waals surface area contributed by atoms with Crippen molar-refractivity contribution >= 4 is 43.5 Å². The molecule has 1 aliphatic rings. The number of benzene rings is 1. The molecule has 1 saturated carbocycles. The molecule has 1 fully saturated rings. The molecular formula is C13H15BrClNO4S. The normalized spacial score (nSPS) is 16.1. The minimum atomic E-state index is -3.95. The van der Waals surface area contributed by atoms with E-state index in [1.165, 1.54) is 6.07 Å². The van der Waals surface area contributed by atoms with Crippen molar-refractivity contribution in [2.45, 2.75) is 30.6 Å². The molecule has 1 aliphatic carbocycles. The number of hydrogen-bond acceptors (Lipinski definition) is 4. The van der Waals surface area contributed by atoms with Crippen molar-refractivity contribution in [3.05, 3.63) is 27.2 Å². The first kappa shape index (κ1) is 16.7. The third-order valence-electron chi connectivity index (χ3n) is 3.47. The topological polar surface area (TPSA) is 86.5 Å². The number of sulfonamides is 1. The van der Waals surface area contributed by atoms with E-state index in [-0.39, 0.29) is 20.0 Å². The van der Waals surface area contributed by atoms with E-state index in [0.29, 0.717) is 12.5 Å². The van der Waals surface area contributed by atoms with Crippen LogP contribution in [0.15, 0.2) is 21.5 Å². The van der Waals surface area contributed by atoms with Crippen LogP contribution < -0.4 is 5.14 Å². The first-order valence-electron chi connectivity index (χ1n) is 6.48. The molecule has 0 spiro atoms. The highest BCUT2D eigenvalue weighted by molar-refractivity contribution is 9.10. The van der Waals surface area contributed by atoms with E-state index in [4.69, 9.17) is 21.5 Å². The molecule has 0 heterocycles. The Morgan fingerprint density at radius 2 is 2.00 bits per heavy atom. The summed E-state index contributed by atoms with van der Waals surface area (Å²) in [5, 5.41) is 5.21. The zero-order chi connectivity index (χ0) is 15.6. The number of rotatable bonds is 4. The van der Waals surface area contributed by atoms with Crippen LogP contribution in [-0.2, 0) is 14.8 Å². The fourth-order valence-corrected chi connectivity index (χ4v) is 4.36. The molecule has 2 N–H and O–H groups in total. The maximum atomic E-state index is 12.1. The minimum Gasteiger partial charge on any atom is -0.462 e. The van der Waals surface area contributed by atoms with E-state index in [9.17, 15) is 13.2 Å². The first-order chi connectivity index (χ1) is 9.79. The van der Waals surface area contributed by atoms with Crippen molar-refractivity contribution in [3.8, 4) is 0 Å². The molecule has 0 radical (unpaired) electrons. The molecule has 0 aliphatic heterocycles. The second-order valence-electron chi connectivity index (χ2n) is 5.06. The molecule has 2 rings (SSSR count). The van der Waals surface area contributed by atoms with Crippen LogP contribution in [0.4, 0.5) is 0 Å². The molecular weight excluding hydrogens is 382 g/mol. The monoisotopic (exact) mass is 395 g/mol. The van der Waals surface area contributed by atoms with Crippen LogP contribution in [0.2, 0.25) is 5.02 Å². The lowest BCUT2D eigenvalue weighted by Gasteiger charge is -2.12. The van der Waals surface area contributed by atoms with Crippen LogP contribution in [0.5, 0.6) is 0 Å². The van der Waals surface area contributed by atoms with Gasteiger partial charge in [-0.15, -0.1) is 0 Å². The number of primary sulfonamides is 1. The molecule has 0 bridgehead atoms. The summed E-state index contributed by atoms with van der Waals surface area (Å²) in [6.07, 6.45) is 4.39. The smallest absolute Gasteiger partial charge is 0.339 e. The number of hydrogen-bond donors (Lipinski definition) is 1. The third-order valence-corrected chi connectivity index (χ3v) is 5.65. The second-order valence-corrected chi connectivity index (χ2v) is 7.85.